The second kappa shape index (κ2) is 8.92. The number of carbonyl (C=O) groups is 1. The first-order valence-electron chi connectivity index (χ1n) is 7.93. The minimum Gasteiger partial charge on any atom is -0.496 e. The second-order valence-electron chi connectivity index (χ2n) is 5.45. The minimum absolute atomic E-state index is 0.202. The van der Waals surface area contributed by atoms with E-state index in [2.05, 4.69) is 21.8 Å². The zero-order valence-corrected chi connectivity index (χ0v) is 14.6. The summed E-state index contributed by atoms with van der Waals surface area (Å²) in [6.07, 6.45) is 1.11. The van der Waals surface area contributed by atoms with E-state index in [0.29, 0.717) is 37.4 Å². The molecule has 2 rings (SSSR count). The average Bonchev–Trinajstić information content (AvgIpc) is 2.99. The second-order valence-corrected chi connectivity index (χ2v) is 5.45. The molecule has 0 unspecified atom stereocenters. The van der Waals surface area contributed by atoms with Crippen molar-refractivity contribution in [3.63, 3.8) is 0 Å². The Bertz CT molecular complexity index is 722. The largest absolute Gasteiger partial charge is 0.496 e. The number of cyclic esters (lactones) is 1. The lowest BCUT2D eigenvalue weighted by Crippen LogP contribution is -2.25. The fourth-order valence-electron chi connectivity index (χ4n) is 2.55. The molecule has 0 radical (unpaired) electrons. The van der Waals surface area contributed by atoms with Crippen molar-refractivity contribution in [1.29, 1.82) is 0 Å². The number of amides is 1. The van der Waals surface area contributed by atoms with Crippen LogP contribution in [0.3, 0.4) is 0 Å². The highest BCUT2D eigenvalue weighted by Crippen LogP contribution is 2.26. The predicted octanol–water partition coefficient (Wildman–Crippen LogP) is 2.87. The van der Waals surface area contributed by atoms with E-state index < -0.39 is 5.97 Å². The third-order valence-electron chi connectivity index (χ3n) is 3.68. The molecule has 134 valence electrons. The fourth-order valence-corrected chi connectivity index (χ4v) is 2.55. The third kappa shape index (κ3) is 4.86. The summed E-state index contributed by atoms with van der Waals surface area (Å²) in [4.78, 5) is 17.5. The zero-order valence-electron chi connectivity index (χ0n) is 14.6. The Labute approximate surface area is 146 Å². The van der Waals surface area contributed by atoms with Gasteiger partial charge in [-0.15, -0.1) is 0 Å². The first-order valence-corrected chi connectivity index (χ1v) is 7.93. The Morgan fingerprint density at radius 1 is 1.44 bits per heavy atom. The van der Waals surface area contributed by atoms with Crippen molar-refractivity contribution in [2.75, 3.05) is 33.9 Å². The Kier molecular flexibility index (Phi) is 6.63. The van der Waals surface area contributed by atoms with Gasteiger partial charge in [-0.3, -0.25) is 0 Å². The summed E-state index contributed by atoms with van der Waals surface area (Å²) in [5.74, 6) is 5.68. The van der Waals surface area contributed by atoms with E-state index in [1.807, 2.05) is 13.0 Å². The number of hydrogen-bond donors (Lipinski definition) is 0. The molecule has 0 N–H and O–H groups in total. The molecule has 1 heterocycles. The van der Waals surface area contributed by atoms with Crippen molar-refractivity contribution >= 4 is 12.1 Å². The van der Waals surface area contributed by atoms with E-state index in [0.717, 1.165) is 12.0 Å². The van der Waals surface area contributed by atoms with Gasteiger partial charge in [-0.05, 0) is 31.0 Å². The molecule has 25 heavy (non-hydrogen) atoms. The van der Waals surface area contributed by atoms with Gasteiger partial charge in [-0.2, -0.15) is 4.39 Å². The molecule has 1 aromatic rings. The number of halogens is 1. The van der Waals surface area contributed by atoms with Crippen LogP contribution in [0.5, 0.6) is 5.75 Å². The van der Waals surface area contributed by atoms with Crippen LogP contribution in [0.15, 0.2) is 17.3 Å². The first-order chi connectivity index (χ1) is 12.1. The third-order valence-corrected chi connectivity index (χ3v) is 3.68. The molecule has 0 spiro atoms. The summed E-state index contributed by atoms with van der Waals surface area (Å²) in [6, 6.07) is 3.40. The van der Waals surface area contributed by atoms with Crippen LogP contribution in [0.4, 0.5) is 9.18 Å². The van der Waals surface area contributed by atoms with Crippen LogP contribution in [0.2, 0.25) is 0 Å². The number of ether oxygens (including phenoxy) is 2. The SMILES string of the molecule is CON=C(F)c1cc(C#CCCCN2CCOC2=O)cc(C)c1OC. The highest BCUT2D eigenvalue weighted by molar-refractivity contribution is 5.96. The molecule has 0 bridgehead atoms. The van der Waals surface area contributed by atoms with Gasteiger partial charge in [0.25, 0.3) is 5.97 Å². The number of unbranched alkanes of at least 4 members (excludes halogenated alkanes) is 1. The van der Waals surface area contributed by atoms with Crippen LogP contribution >= 0.6 is 0 Å². The summed E-state index contributed by atoms with van der Waals surface area (Å²) in [7, 11) is 2.75. The van der Waals surface area contributed by atoms with Crippen molar-refractivity contribution in [1.82, 2.24) is 4.90 Å². The lowest BCUT2D eigenvalue weighted by atomic mass is 10.0. The summed E-state index contributed by atoms with van der Waals surface area (Å²) in [6.45, 7) is 3.51. The van der Waals surface area contributed by atoms with Crippen LogP contribution in [0.25, 0.3) is 0 Å². The van der Waals surface area contributed by atoms with Crippen LogP contribution in [-0.4, -0.2) is 50.9 Å². The Morgan fingerprint density at radius 3 is 2.88 bits per heavy atom. The van der Waals surface area contributed by atoms with Gasteiger partial charge >= 0.3 is 6.09 Å². The van der Waals surface area contributed by atoms with Gasteiger partial charge in [0.2, 0.25) is 0 Å². The summed E-state index contributed by atoms with van der Waals surface area (Å²) in [5.41, 5.74) is 1.62. The van der Waals surface area contributed by atoms with Crippen LogP contribution < -0.4 is 4.74 Å². The van der Waals surface area contributed by atoms with Crippen molar-refractivity contribution in [3.8, 4) is 17.6 Å². The van der Waals surface area contributed by atoms with Gasteiger partial charge in [0.05, 0.1) is 19.2 Å². The molecular weight excluding hydrogens is 327 g/mol. The summed E-state index contributed by atoms with van der Waals surface area (Å²) >= 11 is 0. The monoisotopic (exact) mass is 348 g/mol. The fraction of sp³-hybridized carbons (Fsp3) is 0.444. The first kappa shape index (κ1) is 18.6. The van der Waals surface area contributed by atoms with Crippen molar-refractivity contribution < 1.29 is 23.5 Å². The quantitative estimate of drug-likeness (QED) is 0.343. The van der Waals surface area contributed by atoms with Gasteiger partial charge in [0.15, 0.2) is 0 Å². The van der Waals surface area contributed by atoms with Crippen LogP contribution in [0, 0.1) is 18.8 Å². The van der Waals surface area contributed by atoms with Gasteiger partial charge in [0, 0.05) is 18.5 Å². The summed E-state index contributed by atoms with van der Waals surface area (Å²) in [5, 5.41) is 3.32. The molecule has 1 aliphatic rings. The van der Waals surface area contributed by atoms with E-state index in [9.17, 15) is 9.18 Å². The minimum atomic E-state index is -0.765. The van der Waals surface area contributed by atoms with E-state index >= 15 is 0 Å². The number of hydrogen-bond acceptors (Lipinski definition) is 5. The molecule has 1 aliphatic heterocycles. The molecule has 1 fully saturated rings. The van der Waals surface area contributed by atoms with Gasteiger partial charge in [0.1, 0.15) is 19.5 Å². The predicted molar refractivity (Wildman–Crippen MR) is 91.4 cm³/mol. The van der Waals surface area contributed by atoms with Gasteiger partial charge in [-0.1, -0.05) is 17.0 Å². The molecule has 0 aromatic heterocycles. The standard InChI is InChI=1S/C18H21FN2O4/c1-13-11-14(12-15(16(13)23-2)17(19)20-24-3)7-5-4-6-8-21-9-10-25-18(21)22/h11-12H,4,6,8-10H2,1-3H3. The smallest absolute Gasteiger partial charge is 0.409 e. The number of methoxy groups -OCH3 is 1. The van der Waals surface area contributed by atoms with Crippen LogP contribution in [-0.2, 0) is 9.57 Å². The molecule has 1 saturated heterocycles. The van der Waals surface area contributed by atoms with Gasteiger partial charge in [-0.25, -0.2) is 4.79 Å². The molecule has 7 heteroatoms. The maximum absolute atomic E-state index is 14.0. The van der Waals surface area contributed by atoms with Crippen molar-refractivity contribution in [2.45, 2.75) is 19.8 Å². The lowest BCUT2D eigenvalue weighted by Gasteiger charge is -2.10. The molecule has 6 nitrogen and oxygen atoms in total. The maximum atomic E-state index is 14.0. The number of benzene rings is 1. The number of carbonyl (C=O) groups excluding carboxylic acids is 1. The number of oxime groups is 1. The van der Waals surface area contributed by atoms with Crippen molar-refractivity contribution in [3.05, 3.63) is 28.8 Å². The number of nitrogens with zero attached hydrogens (tertiary/aromatic N) is 2. The van der Waals surface area contributed by atoms with E-state index in [1.165, 1.54) is 14.2 Å². The Morgan fingerprint density at radius 2 is 2.24 bits per heavy atom. The molecule has 1 amide bonds. The number of aryl methyl sites for hydroxylation is 1. The maximum Gasteiger partial charge on any atom is 0.409 e. The molecule has 0 saturated carbocycles. The highest BCUT2D eigenvalue weighted by Gasteiger charge is 2.20. The van der Waals surface area contributed by atoms with Crippen molar-refractivity contribution in [2.24, 2.45) is 5.16 Å². The number of rotatable bonds is 6. The Hall–Kier alpha value is -2.75. The Balaban J connectivity index is 2.04. The lowest BCUT2D eigenvalue weighted by molar-refractivity contribution is 0.158. The molecule has 0 atom stereocenters. The molecule has 1 aromatic carbocycles. The molecular formula is C18H21FN2O4. The topological polar surface area (TPSA) is 60.4 Å². The zero-order chi connectivity index (χ0) is 18.2. The molecule has 0 aliphatic carbocycles. The highest BCUT2D eigenvalue weighted by atomic mass is 19.1. The van der Waals surface area contributed by atoms with E-state index in [4.69, 9.17) is 9.47 Å². The summed E-state index contributed by atoms with van der Waals surface area (Å²) < 4.78 is 24.1. The van der Waals surface area contributed by atoms with Crippen LogP contribution in [0.1, 0.15) is 29.5 Å². The van der Waals surface area contributed by atoms with Gasteiger partial charge < -0.3 is 19.2 Å². The van der Waals surface area contributed by atoms with E-state index in [-0.39, 0.29) is 11.7 Å². The average molecular weight is 348 g/mol. The normalized spacial score (nSPS) is 14.0. The van der Waals surface area contributed by atoms with E-state index in [1.54, 1.807) is 11.0 Å².